The van der Waals surface area contributed by atoms with Gasteiger partial charge in [0.2, 0.25) is 5.91 Å². The van der Waals surface area contributed by atoms with Crippen molar-refractivity contribution in [1.29, 1.82) is 0 Å². The van der Waals surface area contributed by atoms with Crippen LogP contribution < -0.4 is 5.73 Å². The van der Waals surface area contributed by atoms with Crippen molar-refractivity contribution in [2.45, 2.75) is 59.0 Å². The zero-order valence-electron chi connectivity index (χ0n) is 11.1. The van der Waals surface area contributed by atoms with E-state index in [1.165, 1.54) is 0 Å². The van der Waals surface area contributed by atoms with Crippen molar-refractivity contribution in [2.24, 2.45) is 17.6 Å². The number of nitrogens with zero attached hydrogens (tertiary/aromatic N) is 1. The van der Waals surface area contributed by atoms with Crippen molar-refractivity contribution in [3.63, 3.8) is 0 Å². The molecule has 0 aliphatic heterocycles. The molecule has 16 heavy (non-hydrogen) atoms. The van der Waals surface area contributed by atoms with Crippen LogP contribution in [0.1, 0.15) is 47.0 Å². The van der Waals surface area contributed by atoms with Crippen LogP contribution in [-0.2, 0) is 4.79 Å². The van der Waals surface area contributed by atoms with Gasteiger partial charge < -0.3 is 10.6 Å². The second kappa shape index (κ2) is 5.67. The van der Waals surface area contributed by atoms with Crippen LogP contribution in [0.25, 0.3) is 0 Å². The van der Waals surface area contributed by atoms with Crippen LogP contribution in [-0.4, -0.2) is 29.4 Å². The fourth-order valence-electron chi connectivity index (χ4n) is 2.73. The molecule has 0 aromatic heterocycles. The van der Waals surface area contributed by atoms with Gasteiger partial charge in [-0.1, -0.05) is 13.3 Å². The summed E-state index contributed by atoms with van der Waals surface area (Å²) in [7, 11) is 0. The maximum Gasteiger partial charge on any atom is 0.226 e. The van der Waals surface area contributed by atoms with E-state index in [2.05, 4.69) is 20.8 Å². The minimum Gasteiger partial charge on any atom is -0.340 e. The van der Waals surface area contributed by atoms with Crippen LogP contribution in [0.4, 0.5) is 0 Å². The molecule has 0 saturated heterocycles. The highest BCUT2D eigenvalue weighted by Gasteiger charge is 2.35. The highest BCUT2D eigenvalue weighted by molar-refractivity contribution is 5.79. The fraction of sp³-hybridized carbons (Fsp3) is 0.923. The van der Waals surface area contributed by atoms with E-state index in [0.717, 1.165) is 25.8 Å². The van der Waals surface area contributed by atoms with Crippen molar-refractivity contribution < 1.29 is 4.79 Å². The van der Waals surface area contributed by atoms with Crippen molar-refractivity contribution in [1.82, 2.24) is 4.90 Å². The third-order valence-electron chi connectivity index (χ3n) is 3.93. The molecule has 0 aromatic rings. The van der Waals surface area contributed by atoms with E-state index in [-0.39, 0.29) is 12.0 Å². The molecule has 1 rings (SSSR count). The number of carbonyl (C=O) groups is 1. The number of hydrogen-bond acceptors (Lipinski definition) is 2. The first-order valence-electron chi connectivity index (χ1n) is 6.55. The van der Waals surface area contributed by atoms with E-state index >= 15 is 0 Å². The lowest BCUT2D eigenvalue weighted by atomic mass is 9.76. The number of rotatable bonds is 3. The van der Waals surface area contributed by atoms with Crippen LogP contribution >= 0.6 is 0 Å². The van der Waals surface area contributed by atoms with Crippen LogP contribution in [0.15, 0.2) is 0 Å². The Morgan fingerprint density at radius 3 is 2.56 bits per heavy atom. The largest absolute Gasteiger partial charge is 0.340 e. The Bertz CT molecular complexity index is 240. The second-order valence-corrected chi connectivity index (χ2v) is 5.28. The standard InChI is InChI=1S/C13H26N2O/c1-5-15(9(2)3)13(16)11-7-6-8-12(14)10(11)4/h9-12H,5-8,14H2,1-4H3. The molecule has 0 bridgehead atoms. The van der Waals surface area contributed by atoms with Gasteiger partial charge in [-0.2, -0.15) is 0 Å². The SMILES string of the molecule is CCN(C(=O)C1CCCC(N)C1C)C(C)C. The van der Waals surface area contributed by atoms with E-state index < -0.39 is 0 Å². The maximum absolute atomic E-state index is 12.4. The molecule has 1 amide bonds. The van der Waals surface area contributed by atoms with E-state index in [0.29, 0.717) is 17.9 Å². The minimum atomic E-state index is 0.145. The number of carbonyl (C=O) groups excluding carboxylic acids is 1. The molecule has 3 heteroatoms. The molecule has 3 atom stereocenters. The maximum atomic E-state index is 12.4. The lowest BCUT2D eigenvalue weighted by molar-refractivity contribution is -0.140. The molecule has 1 aliphatic carbocycles. The zero-order chi connectivity index (χ0) is 12.3. The molecule has 94 valence electrons. The third kappa shape index (κ3) is 2.76. The lowest BCUT2D eigenvalue weighted by Crippen LogP contribution is -2.47. The summed E-state index contributed by atoms with van der Waals surface area (Å²) in [6.07, 6.45) is 3.17. The van der Waals surface area contributed by atoms with E-state index in [4.69, 9.17) is 5.73 Å². The molecular formula is C13H26N2O. The summed E-state index contributed by atoms with van der Waals surface area (Å²) in [4.78, 5) is 14.4. The van der Waals surface area contributed by atoms with E-state index in [1.54, 1.807) is 0 Å². The predicted octanol–water partition coefficient (Wildman–Crippen LogP) is 2.01. The summed E-state index contributed by atoms with van der Waals surface area (Å²) in [5.41, 5.74) is 6.05. The van der Waals surface area contributed by atoms with Gasteiger partial charge in [0.15, 0.2) is 0 Å². The summed E-state index contributed by atoms with van der Waals surface area (Å²) >= 11 is 0. The minimum absolute atomic E-state index is 0.145. The Labute approximate surface area is 99.4 Å². The van der Waals surface area contributed by atoms with Crippen LogP contribution in [0.3, 0.4) is 0 Å². The Morgan fingerprint density at radius 1 is 1.44 bits per heavy atom. The smallest absolute Gasteiger partial charge is 0.226 e. The average molecular weight is 226 g/mol. The quantitative estimate of drug-likeness (QED) is 0.800. The summed E-state index contributed by atoms with van der Waals surface area (Å²) in [5.74, 6) is 0.778. The molecule has 3 unspecified atom stereocenters. The van der Waals surface area contributed by atoms with Gasteiger partial charge in [0.05, 0.1) is 0 Å². The van der Waals surface area contributed by atoms with E-state index in [9.17, 15) is 4.79 Å². The summed E-state index contributed by atoms with van der Waals surface area (Å²) in [6.45, 7) is 9.13. The van der Waals surface area contributed by atoms with Crippen LogP contribution in [0, 0.1) is 11.8 Å². The van der Waals surface area contributed by atoms with Crippen molar-refractivity contribution in [3.8, 4) is 0 Å². The molecule has 0 aromatic carbocycles. The first-order chi connectivity index (χ1) is 7.49. The average Bonchev–Trinajstić information content (AvgIpc) is 2.22. The molecule has 1 saturated carbocycles. The molecule has 0 heterocycles. The number of nitrogens with two attached hydrogens (primary N) is 1. The van der Waals surface area contributed by atoms with Gasteiger partial charge in [-0.15, -0.1) is 0 Å². The molecule has 1 fully saturated rings. The Balaban J connectivity index is 2.71. The van der Waals surface area contributed by atoms with Crippen LogP contribution in [0.5, 0.6) is 0 Å². The molecule has 0 spiro atoms. The highest BCUT2D eigenvalue weighted by Crippen LogP contribution is 2.30. The van der Waals surface area contributed by atoms with Crippen molar-refractivity contribution >= 4 is 5.91 Å². The highest BCUT2D eigenvalue weighted by atomic mass is 16.2. The van der Waals surface area contributed by atoms with Gasteiger partial charge in [0.25, 0.3) is 0 Å². The molecule has 3 nitrogen and oxygen atoms in total. The van der Waals surface area contributed by atoms with Crippen molar-refractivity contribution in [3.05, 3.63) is 0 Å². The first-order valence-corrected chi connectivity index (χ1v) is 6.55. The Hall–Kier alpha value is -0.570. The lowest BCUT2D eigenvalue weighted by Gasteiger charge is -2.37. The summed E-state index contributed by atoms with van der Waals surface area (Å²) in [6, 6.07) is 0.497. The Morgan fingerprint density at radius 2 is 2.06 bits per heavy atom. The van der Waals surface area contributed by atoms with Crippen molar-refractivity contribution in [2.75, 3.05) is 6.54 Å². The predicted molar refractivity (Wildman–Crippen MR) is 67.0 cm³/mol. The molecular weight excluding hydrogens is 200 g/mol. The monoisotopic (exact) mass is 226 g/mol. The topological polar surface area (TPSA) is 46.3 Å². The van der Waals surface area contributed by atoms with Gasteiger partial charge in [-0.3, -0.25) is 4.79 Å². The van der Waals surface area contributed by atoms with Gasteiger partial charge in [-0.25, -0.2) is 0 Å². The molecule has 0 radical (unpaired) electrons. The number of amides is 1. The Kier molecular flexibility index (Phi) is 4.78. The van der Waals surface area contributed by atoms with Gasteiger partial charge >= 0.3 is 0 Å². The number of hydrogen-bond donors (Lipinski definition) is 1. The second-order valence-electron chi connectivity index (χ2n) is 5.28. The van der Waals surface area contributed by atoms with Gasteiger partial charge in [-0.05, 0) is 39.5 Å². The van der Waals surface area contributed by atoms with Gasteiger partial charge in [0, 0.05) is 24.5 Å². The zero-order valence-corrected chi connectivity index (χ0v) is 11.1. The van der Waals surface area contributed by atoms with Gasteiger partial charge in [0.1, 0.15) is 0 Å². The summed E-state index contributed by atoms with van der Waals surface area (Å²) < 4.78 is 0. The molecule has 1 aliphatic rings. The third-order valence-corrected chi connectivity index (χ3v) is 3.93. The van der Waals surface area contributed by atoms with Crippen LogP contribution in [0.2, 0.25) is 0 Å². The molecule has 2 N–H and O–H groups in total. The normalized spacial score (nSPS) is 30.5. The fourth-order valence-corrected chi connectivity index (χ4v) is 2.73. The summed E-state index contributed by atoms with van der Waals surface area (Å²) in [5, 5.41) is 0. The first kappa shape index (κ1) is 13.5. The van der Waals surface area contributed by atoms with E-state index in [1.807, 2.05) is 11.8 Å².